The molecule has 6 atom stereocenters. The Labute approximate surface area is 375 Å². The zero-order chi connectivity index (χ0) is 45.4. The Morgan fingerprint density at radius 1 is 0.629 bits per heavy atom. The molecule has 0 saturated carbocycles. The number of esters is 1. The normalized spacial score (nSPS) is 20.6. The molecule has 0 aromatic carbocycles. The lowest BCUT2D eigenvalue weighted by Gasteiger charge is -2.41. The van der Waals surface area contributed by atoms with E-state index in [1.165, 1.54) is 44.9 Å². The summed E-state index contributed by atoms with van der Waals surface area (Å²) in [5.41, 5.74) is 0. The monoisotopic (exact) mass is 897 g/mol. The molecule has 62 heavy (non-hydrogen) atoms. The predicted molar refractivity (Wildman–Crippen MR) is 248 cm³/mol. The fourth-order valence-electron chi connectivity index (χ4n) is 6.75. The van der Waals surface area contributed by atoms with Gasteiger partial charge in [0, 0.05) is 13.0 Å². The smallest absolute Gasteiger partial charge is 0.397 e. The topological polar surface area (TPSA) is 178 Å². The van der Waals surface area contributed by atoms with Crippen LogP contribution in [0.4, 0.5) is 0 Å². The fourth-order valence-corrected chi connectivity index (χ4v) is 7.26. The Morgan fingerprint density at radius 3 is 1.63 bits per heavy atom. The maximum Gasteiger partial charge on any atom is 0.397 e. The van der Waals surface area contributed by atoms with Crippen molar-refractivity contribution in [2.75, 3.05) is 26.4 Å². The molecule has 358 valence electrons. The molecule has 0 aromatic rings. The van der Waals surface area contributed by atoms with E-state index in [1.54, 1.807) is 0 Å². The van der Waals surface area contributed by atoms with Crippen LogP contribution in [0.5, 0.6) is 0 Å². The van der Waals surface area contributed by atoms with Gasteiger partial charge in [-0.05, 0) is 83.5 Å². The van der Waals surface area contributed by atoms with Gasteiger partial charge in [0.15, 0.2) is 6.29 Å². The van der Waals surface area contributed by atoms with Crippen LogP contribution in [0, 0.1) is 0 Å². The molecule has 12 nitrogen and oxygen atoms in total. The van der Waals surface area contributed by atoms with Crippen LogP contribution in [0.1, 0.15) is 168 Å². The van der Waals surface area contributed by atoms with Crippen molar-refractivity contribution in [2.45, 2.75) is 205 Å². The van der Waals surface area contributed by atoms with E-state index >= 15 is 0 Å². The van der Waals surface area contributed by atoms with Gasteiger partial charge in [-0.3, -0.25) is 9.35 Å². The molecule has 0 spiro atoms. The molecule has 0 radical (unpaired) electrons. The molecule has 1 heterocycles. The molecule has 0 aromatic heterocycles. The third-order valence-electron chi connectivity index (χ3n) is 10.3. The summed E-state index contributed by atoms with van der Waals surface area (Å²) < 4.78 is 59.1. The first-order valence-electron chi connectivity index (χ1n) is 23.7. The zero-order valence-electron chi connectivity index (χ0n) is 38.2. The Morgan fingerprint density at radius 2 is 1.11 bits per heavy atom. The van der Waals surface area contributed by atoms with E-state index < -0.39 is 59.8 Å². The quantitative estimate of drug-likeness (QED) is 0.0198. The minimum absolute atomic E-state index is 0.0181. The maximum atomic E-state index is 12.9. The number of carbonyl (C=O) groups excluding carboxylic acids is 1. The van der Waals surface area contributed by atoms with Gasteiger partial charge < -0.3 is 34.3 Å². The summed E-state index contributed by atoms with van der Waals surface area (Å²) >= 11 is 0. The number of aliphatic hydroxyl groups is 3. The molecule has 1 fully saturated rings. The SMILES string of the molecule is CC/C=C\C/C=C\C/C=C\CCCCCCCC(=O)OC(COCCCCCCCCC/C=C\C/C=C\C/C=C\CCCCC)COC1OC(CO)C(O)C(OS(=O)(=O)O)C1O. The number of rotatable bonds is 40. The molecule has 1 aliphatic rings. The Hall–Kier alpha value is -2.46. The van der Waals surface area contributed by atoms with Crippen molar-refractivity contribution in [3.63, 3.8) is 0 Å². The maximum absolute atomic E-state index is 12.9. The van der Waals surface area contributed by atoms with Gasteiger partial charge in [-0.1, -0.05) is 151 Å². The minimum Gasteiger partial charge on any atom is -0.457 e. The summed E-state index contributed by atoms with van der Waals surface area (Å²) in [5.74, 6) is -0.423. The number of unbranched alkanes of at least 4 members (excludes halogenated alkanes) is 15. The highest BCUT2D eigenvalue weighted by Gasteiger charge is 2.48. The number of hydrogen-bond donors (Lipinski definition) is 4. The molecule has 0 amide bonds. The van der Waals surface area contributed by atoms with Crippen molar-refractivity contribution in [3.8, 4) is 0 Å². The minimum atomic E-state index is -5.07. The van der Waals surface area contributed by atoms with E-state index in [2.05, 4.69) is 90.9 Å². The molecule has 1 aliphatic heterocycles. The first kappa shape index (κ1) is 57.6. The third-order valence-corrected chi connectivity index (χ3v) is 10.8. The highest BCUT2D eigenvalue weighted by Crippen LogP contribution is 2.26. The molecular weight excluding hydrogens is 813 g/mol. The van der Waals surface area contributed by atoms with Crippen molar-refractivity contribution >= 4 is 16.4 Å². The van der Waals surface area contributed by atoms with Crippen LogP contribution in [0.3, 0.4) is 0 Å². The number of carbonyl (C=O) groups is 1. The van der Waals surface area contributed by atoms with Crippen LogP contribution >= 0.6 is 0 Å². The number of ether oxygens (including phenoxy) is 4. The first-order valence-corrected chi connectivity index (χ1v) is 25.1. The summed E-state index contributed by atoms with van der Waals surface area (Å²) in [4.78, 5) is 12.9. The van der Waals surface area contributed by atoms with Gasteiger partial charge in [-0.2, -0.15) is 8.42 Å². The van der Waals surface area contributed by atoms with Crippen LogP contribution < -0.4 is 0 Å². The molecular formula is C49H84O12S. The molecule has 4 N–H and O–H groups in total. The predicted octanol–water partition coefficient (Wildman–Crippen LogP) is 10.3. The highest BCUT2D eigenvalue weighted by atomic mass is 32.3. The molecule has 1 rings (SSSR count). The standard InChI is InChI=1S/C49H84O12S/c1-3-5-7-9-11-13-15-17-19-20-21-22-23-25-27-29-31-33-35-37-39-57-41-43(42-58-49-47(53)48(61-62(54,55)56)46(52)44(40-50)60-49)59-45(51)38-36-34-32-30-28-26-24-18-16-14-12-10-8-6-4-2/h6,8,11-14,17-19,21-22,24,43-44,46-50,52-53H,3-5,7,9-10,15-16,20,23,25-42H2,1-2H3,(H,54,55,56)/b8-6-,13-11-,14-12-,19-17-,22-21-,24-18-. The van der Waals surface area contributed by atoms with Gasteiger partial charge in [-0.25, -0.2) is 4.18 Å². The van der Waals surface area contributed by atoms with Gasteiger partial charge in [0.05, 0.1) is 19.8 Å². The molecule has 1 saturated heterocycles. The lowest BCUT2D eigenvalue weighted by molar-refractivity contribution is -0.301. The summed E-state index contributed by atoms with van der Waals surface area (Å²) in [7, 11) is -5.07. The van der Waals surface area contributed by atoms with E-state index in [-0.39, 0.29) is 19.6 Å². The highest BCUT2D eigenvalue weighted by molar-refractivity contribution is 7.80. The third kappa shape index (κ3) is 33.1. The van der Waals surface area contributed by atoms with Gasteiger partial charge in [0.25, 0.3) is 0 Å². The summed E-state index contributed by atoms with van der Waals surface area (Å²) in [6, 6.07) is 0. The lowest BCUT2D eigenvalue weighted by Crippen LogP contribution is -2.60. The van der Waals surface area contributed by atoms with E-state index in [1.807, 2.05) is 0 Å². The van der Waals surface area contributed by atoms with Crippen molar-refractivity contribution in [1.29, 1.82) is 0 Å². The van der Waals surface area contributed by atoms with Gasteiger partial charge in [0.1, 0.15) is 30.5 Å². The first-order chi connectivity index (χ1) is 30.1. The number of aliphatic hydroxyl groups excluding tert-OH is 3. The molecule has 13 heteroatoms. The lowest BCUT2D eigenvalue weighted by atomic mass is 9.99. The van der Waals surface area contributed by atoms with Gasteiger partial charge in [0.2, 0.25) is 0 Å². The van der Waals surface area contributed by atoms with Crippen molar-refractivity contribution < 1.29 is 56.2 Å². The van der Waals surface area contributed by atoms with Gasteiger partial charge in [-0.15, -0.1) is 0 Å². The second-order valence-corrected chi connectivity index (χ2v) is 17.0. The van der Waals surface area contributed by atoms with Crippen molar-refractivity contribution in [3.05, 3.63) is 72.9 Å². The van der Waals surface area contributed by atoms with Crippen LogP contribution in [0.15, 0.2) is 72.9 Å². The van der Waals surface area contributed by atoms with E-state index in [9.17, 15) is 28.5 Å². The fraction of sp³-hybridized carbons (Fsp3) is 0.735. The second-order valence-electron chi connectivity index (χ2n) is 16.0. The van der Waals surface area contributed by atoms with Crippen LogP contribution in [0.25, 0.3) is 0 Å². The summed E-state index contributed by atoms with van der Waals surface area (Å²) in [6.07, 6.45) is 42.1. The Balaban J connectivity index is 2.42. The number of allylic oxidation sites excluding steroid dienone is 12. The van der Waals surface area contributed by atoms with Crippen LogP contribution in [-0.2, 0) is 38.3 Å². The largest absolute Gasteiger partial charge is 0.457 e. The van der Waals surface area contributed by atoms with Crippen LogP contribution in [-0.4, -0.2) is 97.5 Å². The van der Waals surface area contributed by atoms with Crippen molar-refractivity contribution in [2.24, 2.45) is 0 Å². The average Bonchev–Trinajstić information content (AvgIpc) is 3.24. The van der Waals surface area contributed by atoms with E-state index in [0.717, 1.165) is 96.3 Å². The van der Waals surface area contributed by atoms with Gasteiger partial charge >= 0.3 is 16.4 Å². The number of hydrogen-bond acceptors (Lipinski definition) is 11. The van der Waals surface area contributed by atoms with E-state index in [4.69, 9.17) is 23.5 Å². The summed E-state index contributed by atoms with van der Waals surface area (Å²) in [5, 5.41) is 30.7. The molecule has 6 unspecified atom stereocenters. The van der Waals surface area contributed by atoms with Crippen LogP contribution in [0.2, 0.25) is 0 Å². The second kappa shape index (κ2) is 40.1. The molecule has 0 aliphatic carbocycles. The van der Waals surface area contributed by atoms with Crippen molar-refractivity contribution in [1.82, 2.24) is 0 Å². The Bertz CT molecular complexity index is 1360. The average molecular weight is 897 g/mol. The van der Waals surface area contributed by atoms with E-state index in [0.29, 0.717) is 13.0 Å². The summed E-state index contributed by atoms with van der Waals surface area (Å²) in [6.45, 7) is 3.79. The Kier molecular flexibility index (Phi) is 37.2. The molecule has 0 bridgehead atoms. The zero-order valence-corrected chi connectivity index (χ0v) is 39.0.